The highest BCUT2D eigenvalue weighted by molar-refractivity contribution is 5.96. The number of nitrogens with zero attached hydrogens (tertiary/aromatic N) is 2. The molecular weight excluding hydrogens is 382 g/mol. The largest absolute Gasteiger partial charge is 0.488 e. The van der Waals surface area contributed by atoms with Gasteiger partial charge in [0.15, 0.2) is 0 Å². The fourth-order valence-corrected chi connectivity index (χ4v) is 4.63. The number of aliphatic hydroxyl groups is 1. The highest BCUT2D eigenvalue weighted by Gasteiger charge is 2.37. The molecule has 0 spiro atoms. The predicted molar refractivity (Wildman–Crippen MR) is 115 cm³/mol. The summed E-state index contributed by atoms with van der Waals surface area (Å²) in [5, 5.41) is 12.2. The zero-order valence-electron chi connectivity index (χ0n) is 17.4. The summed E-state index contributed by atoms with van der Waals surface area (Å²) in [6.07, 6.45) is 5.74. The third-order valence-corrected chi connectivity index (χ3v) is 6.12. The lowest BCUT2D eigenvalue weighted by molar-refractivity contribution is -0.118. The lowest BCUT2D eigenvalue weighted by Crippen LogP contribution is -2.32. The first-order chi connectivity index (χ1) is 14.3. The summed E-state index contributed by atoms with van der Waals surface area (Å²) >= 11 is 0. The van der Waals surface area contributed by atoms with Crippen molar-refractivity contribution >= 4 is 17.4 Å². The van der Waals surface area contributed by atoms with Gasteiger partial charge in [0.2, 0.25) is 5.91 Å². The van der Waals surface area contributed by atoms with Crippen molar-refractivity contribution in [2.45, 2.75) is 63.5 Å². The maximum absolute atomic E-state index is 12.1. The van der Waals surface area contributed by atoms with Gasteiger partial charge in [-0.25, -0.2) is 9.97 Å². The third-order valence-electron chi connectivity index (χ3n) is 6.12. The van der Waals surface area contributed by atoms with Gasteiger partial charge in [-0.05, 0) is 55.2 Å². The van der Waals surface area contributed by atoms with E-state index in [1.807, 2.05) is 12.1 Å². The number of nitrogens with one attached hydrogen (secondary N) is 1. The van der Waals surface area contributed by atoms with Crippen molar-refractivity contribution in [3.8, 4) is 17.0 Å². The van der Waals surface area contributed by atoms with Crippen molar-refractivity contribution < 1.29 is 14.6 Å². The molecule has 0 aliphatic heterocycles. The monoisotopic (exact) mass is 411 g/mol. The molecule has 2 aliphatic rings. The van der Waals surface area contributed by atoms with Gasteiger partial charge in [-0.1, -0.05) is 13.8 Å². The minimum absolute atomic E-state index is 0.0504. The van der Waals surface area contributed by atoms with Crippen LogP contribution in [0.1, 0.15) is 50.7 Å². The molecule has 0 saturated heterocycles. The Kier molecular flexibility index (Phi) is 5.38. The van der Waals surface area contributed by atoms with E-state index in [-0.39, 0.29) is 17.6 Å². The van der Waals surface area contributed by atoms with E-state index in [4.69, 9.17) is 16.2 Å². The van der Waals surface area contributed by atoms with Crippen molar-refractivity contribution in [2.75, 3.05) is 17.7 Å². The fourth-order valence-electron chi connectivity index (χ4n) is 4.63. The molecular formula is C22H29N5O3. The average Bonchev–Trinajstić information content (AvgIpc) is 2.71. The van der Waals surface area contributed by atoms with Crippen LogP contribution in [0.3, 0.4) is 0 Å². The number of hydrogen-bond donors (Lipinski definition) is 4. The maximum Gasteiger partial charge on any atom is 0.250 e. The molecule has 4 rings (SSSR count). The van der Waals surface area contributed by atoms with Crippen LogP contribution in [0.2, 0.25) is 0 Å². The summed E-state index contributed by atoms with van der Waals surface area (Å²) in [4.78, 5) is 20.8. The van der Waals surface area contributed by atoms with Gasteiger partial charge in [-0.2, -0.15) is 0 Å². The van der Waals surface area contributed by atoms with Crippen molar-refractivity contribution in [1.82, 2.24) is 9.97 Å². The number of carbonyl (C=O) groups excluding carboxylic acids is 1. The van der Waals surface area contributed by atoms with Crippen LogP contribution in [0.25, 0.3) is 11.3 Å². The lowest BCUT2D eigenvalue weighted by Gasteiger charge is -2.35. The molecule has 1 aromatic heterocycles. The molecule has 2 aromatic rings. The molecule has 1 fully saturated rings. The number of amides is 1. The summed E-state index contributed by atoms with van der Waals surface area (Å²) < 4.78 is 6.32. The Balaban J connectivity index is 1.80. The Hall–Kier alpha value is -2.71. The van der Waals surface area contributed by atoms with Crippen LogP contribution in [-0.4, -0.2) is 39.7 Å². The summed E-state index contributed by atoms with van der Waals surface area (Å²) in [6, 6.07) is 4.05. The van der Waals surface area contributed by atoms with Crippen LogP contribution >= 0.6 is 0 Å². The number of hydrogen-bond acceptors (Lipinski definition) is 7. The zero-order chi connectivity index (χ0) is 21.5. The van der Waals surface area contributed by atoms with Gasteiger partial charge >= 0.3 is 0 Å². The summed E-state index contributed by atoms with van der Waals surface area (Å²) in [5.41, 5.74) is 16.0. The molecule has 0 radical (unpaired) electrons. The Morgan fingerprint density at radius 2 is 2.00 bits per heavy atom. The first kappa shape index (κ1) is 20.6. The Morgan fingerprint density at radius 3 is 2.70 bits per heavy atom. The number of carbonyl (C=O) groups is 1. The molecule has 0 bridgehead atoms. The number of nitrogens with two attached hydrogens (primary N) is 2. The molecule has 8 heteroatoms. The van der Waals surface area contributed by atoms with E-state index in [9.17, 15) is 9.90 Å². The number of aromatic nitrogens is 2. The van der Waals surface area contributed by atoms with Gasteiger partial charge in [-0.15, -0.1) is 0 Å². The lowest BCUT2D eigenvalue weighted by atomic mass is 9.71. The molecule has 1 heterocycles. The van der Waals surface area contributed by atoms with Gasteiger partial charge in [0.05, 0.1) is 17.5 Å². The Bertz CT molecular complexity index is 967. The smallest absolute Gasteiger partial charge is 0.250 e. The zero-order valence-corrected chi connectivity index (χ0v) is 17.4. The van der Waals surface area contributed by atoms with Gasteiger partial charge in [0.25, 0.3) is 0 Å². The van der Waals surface area contributed by atoms with Crippen LogP contribution in [0.15, 0.2) is 18.5 Å². The van der Waals surface area contributed by atoms with E-state index in [2.05, 4.69) is 29.1 Å². The van der Waals surface area contributed by atoms with Gasteiger partial charge < -0.3 is 26.6 Å². The van der Waals surface area contributed by atoms with E-state index in [0.29, 0.717) is 23.7 Å². The summed E-state index contributed by atoms with van der Waals surface area (Å²) in [6.45, 7) is 3.57. The Morgan fingerprint density at radius 1 is 1.27 bits per heavy atom. The third kappa shape index (κ3) is 3.73. The highest BCUT2D eigenvalue weighted by atomic mass is 16.5. The maximum atomic E-state index is 12.1. The standard InChI is InChI=1S/C22H29N5O3/c1-22(2)9-15-14(20-18(22)21(24)26-11-25-20)7-8-16(19(15)27-17(29)10-28)30-13-5-3-12(23)4-6-13/h7-8,11-13,28H,3-6,9-10,23H2,1-2H3,(H,27,29)(H2,24,25,26). The summed E-state index contributed by atoms with van der Waals surface area (Å²) in [7, 11) is 0. The van der Waals surface area contributed by atoms with Crippen LogP contribution in [-0.2, 0) is 16.6 Å². The topological polar surface area (TPSA) is 136 Å². The predicted octanol–water partition coefficient (Wildman–Crippen LogP) is 2.14. The number of anilines is 2. The molecule has 0 atom stereocenters. The molecule has 1 amide bonds. The van der Waals surface area contributed by atoms with Gasteiger partial charge in [0, 0.05) is 17.2 Å². The number of aliphatic hydroxyl groups excluding tert-OH is 1. The number of benzene rings is 1. The second-order valence-electron chi connectivity index (χ2n) is 8.87. The SMILES string of the molecule is CC1(C)Cc2c(ccc(OC3CCC(N)CC3)c2NC(=O)CO)-c2ncnc(N)c21. The number of ether oxygens (including phenoxy) is 1. The number of nitrogen functional groups attached to an aromatic ring is 1. The molecule has 160 valence electrons. The molecule has 8 nitrogen and oxygen atoms in total. The average molecular weight is 412 g/mol. The first-order valence-corrected chi connectivity index (χ1v) is 10.4. The van der Waals surface area contributed by atoms with Gasteiger partial charge in [0.1, 0.15) is 24.5 Å². The molecule has 30 heavy (non-hydrogen) atoms. The second kappa shape index (κ2) is 7.85. The van der Waals surface area contributed by atoms with E-state index in [1.54, 1.807) is 0 Å². The first-order valence-electron chi connectivity index (χ1n) is 10.4. The number of rotatable bonds is 4. The number of fused-ring (bicyclic) bond motifs is 3. The quantitative estimate of drug-likeness (QED) is 0.605. The van der Waals surface area contributed by atoms with Crippen LogP contribution in [0.4, 0.5) is 11.5 Å². The molecule has 1 saturated carbocycles. The van der Waals surface area contributed by atoms with E-state index in [0.717, 1.165) is 48.1 Å². The Labute approximate surface area is 176 Å². The van der Waals surface area contributed by atoms with Crippen molar-refractivity contribution in [2.24, 2.45) is 5.73 Å². The minimum atomic E-state index is -0.601. The van der Waals surface area contributed by atoms with Crippen LogP contribution < -0.4 is 21.5 Å². The van der Waals surface area contributed by atoms with E-state index < -0.39 is 12.5 Å². The minimum Gasteiger partial charge on any atom is -0.488 e. The van der Waals surface area contributed by atoms with Crippen LogP contribution in [0.5, 0.6) is 5.75 Å². The normalized spacial score (nSPS) is 22.0. The molecule has 6 N–H and O–H groups in total. The van der Waals surface area contributed by atoms with E-state index in [1.165, 1.54) is 6.33 Å². The van der Waals surface area contributed by atoms with Crippen molar-refractivity contribution in [1.29, 1.82) is 0 Å². The van der Waals surface area contributed by atoms with Crippen molar-refractivity contribution in [3.05, 3.63) is 29.6 Å². The van der Waals surface area contributed by atoms with E-state index >= 15 is 0 Å². The molecule has 1 aromatic carbocycles. The molecule has 0 unspecified atom stereocenters. The van der Waals surface area contributed by atoms with Crippen molar-refractivity contribution in [3.63, 3.8) is 0 Å². The van der Waals surface area contributed by atoms with Crippen LogP contribution in [0, 0.1) is 0 Å². The highest BCUT2D eigenvalue weighted by Crippen LogP contribution is 2.48. The summed E-state index contributed by atoms with van der Waals surface area (Å²) in [5.74, 6) is 0.595. The van der Waals surface area contributed by atoms with Gasteiger partial charge in [-0.3, -0.25) is 4.79 Å². The second-order valence-corrected chi connectivity index (χ2v) is 8.87. The molecule has 2 aliphatic carbocycles. The fraction of sp³-hybridized carbons (Fsp3) is 0.500.